The number of rotatable bonds is 12. The minimum absolute atomic E-state index is 0.125. The van der Waals surface area contributed by atoms with Crippen LogP contribution in [0.1, 0.15) is 74.9 Å². The van der Waals surface area contributed by atoms with Crippen molar-refractivity contribution in [1.29, 1.82) is 0 Å². The summed E-state index contributed by atoms with van der Waals surface area (Å²) in [5, 5.41) is 14.5. The van der Waals surface area contributed by atoms with Gasteiger partial charge in [0.15, 0.2) is 5.82 Å². The number of aromatic nitrogens is 8. The van der Waals surface area contributed by atoms with Crippen LogP contribution in [0, 0.1) is 0 Å². The van der Waals surface area contributed by atoms with E-state index in [9.17, 15) is 0 Å². The first-order valence-corrected chi connectivity index (χ1v) is 51.3. The molecule has 31 rings (SSSR count). The monoisotopic (exact) mass is 1870 g/mol. The van der Waals surface area contributed by atoms with Crippen LogP contribution in [-0.2, 0) is 16.2 Å². The summed E-state index contributed by atoms with van der Waals surface area (Å²) in [5.74, 6) is 0.626. The van der Waals surface area contributed by atoms with E-state index in [1.165, 1.54) is 182 Å². The van der Waals surface area contributed by atoms with E-state index in [2.05, 4.69) is 530 Å². The highest BCUT2D eigenvalue weighted by Gasteiger charge is 2.40. The molecule has 0 bridgehead atoms. The maximum Gasteiger partial charge on any atom is 0.160 e. The first kappa shape index (κ1) is 83.2. The van der Waals surface area contributed by atoms with Crippen molar-refractivity contribution in [3.05, 3.63) is 494 Å². The molecule has 0 radical (unpaired) electrons. The number of hydrogen-bond donors (Lipinski definition) is 0. The van der Waals surface area contributed by atoms with Crippen LogP contribution in [0.2, 0.25) is 0 Å². The van der Waals surface area contributed by atoms with E-state index < -0.39 is 0 Å². The molecule has 8 heteroatoms. The summed E-state index contributed by atoms with van der Waals surface area (Å²) in [7, 11) is 0. The fourth-order valence-corrected chi connectivity index (χ4v) is 26.3. The van der Waals surface area contributed by atoms with Gasteiger partial charge in [0, 0.05) is 132 Å². The van der Waals surface area contributed by atoms with Gasteiger partial charge in [0.2, 0.25) is 0 Å². The Morgan fingerprint density at radius 3 is 0.653 bits per heavy atom. The van der Waals surface area contributed by atoms with Crippen LogP contribution < -0.4 is 0 Å². The molecule has 21 aromatic carbocycles. The lowest BCUT2D eigenvalue weighted by Crippen LogP contribution is -2.15. The van der Waals surface area contributed by atoms with Gasteiger partial charge in [-0.2, -0.15) is 0 Å². The largest absolute Gasteiger partial charge is 0.309 e. The predicted molar refractivity (Wildman–Crippen MR) is 613 cm³/mol. The molecule has 147 heavy (non-hydrogen) atoms. The molecule has 3 aliphatic carbocycles. The van der Waals surface area contributed by atoms with Crippen molar-refractivity contribution < 1.29 is 0 Å². The molecule has 0 spiro atoms. The molecule has 0 saturated heterocycles. The summed E-state index contributed by atoms with van der Waals surface area (Å²) >= 11 is 0. The van der Waals surface area contributed by atoms with Gasteiger partial charge in [-0.15, -0.1) is 0 Å². The van der Waals surface area contributed by atoms with Crippen molar-refractivity contribution in [1.82, 2.24) is 37.4 Å². The second kappa shape index (κ2) is 30.8. The van der Waals surface area contributed by atoms with Crippen molar-refractivity contribution in [2.45, 2.75) is 57.8 Å². The van der Waals surface area contributed by atoms with E-state index in [-0.39, 0.29) is 16.2 Å². The quantitative estimate of drug-likeness (QED) is 0.122. The fraction of sp³-hybridized carbons (Fsp3) is 0.0647. The van der Waals surface area contributed by atoms with Crippen LogP contribution in [0.15, 0.2) is 461 Å². The van der Waals surface area contributed by atoms with Crippen molar-refractivity contribution in [3.8, 4) is 135 Å². The third kappa shape index (κ3) is 12.1. The second-order valence-corrected chi connectivity index (χ2v) is 42.3. The highest BCUT2D eigenvalue weighted by molar-refractivity contribution is 6.17. The summed E-state index contributed by atoms with van der Waals surface area (Å²) in [6.45, 7) is 14.2. The molecule has 7 heterocycles. The van der Waals surface area contributed by atoms with E-state index in [1.807, 2.05) is 0 Å². The average molecular weight is 1880 g/mol. The topological polar surface area (TPSA) is 55.4 Å². The Morgan fingerprint density at radius 2 is 0.354 bits per heavy atom. The molecular formula is C139H94N8. The van der Waals surface area contributed by atoms with E-state index in [0.29, 0.717) is 5.82 Å². The van der Waals surface area contributed by atoms with Crippen LogP contribution in [0.4, 0.5) is 0 Å². The van der Waals surface area contributed by atoms with Crippen LogP contribution >= 0.6 is 0 Å². The molecule has 0 atom stereocenters. The van der Waals surface area contributed by atoms with Gasteiger partial charge in [-0.25, -0.2) is 9.97 Å². The first-order chi connectivity index (χ1) is 72.1. The Kier molecular flexibility index (Phi) is 17.4. The Morgan fingerprint density at radius 1 is 0.143 bits per heavy atom. The lowest BCUT2D eigenvalue weighted by atomic mass is 9.82. The minimum Gasteiger partial charge on any atom is -0.309 e. The zero-order chi connectivity index (χ0) is 97.3. The minimum atomic E-state index is -0.126. The first-order valence-electron chi connectivity index (χ1n) is 51.3. The summed E-state index contributed by atoms with van der Waals surface area (Å²) in [6.07, 6.45) is 0. The highest BCUT2D eigenvalue weighted by Crippen LogP contribution is 2.55. The third-order valence-corrected chi connectivity index (χ3v) is 33.5. The molecule has 0 fully saturated rings. The molecule has 7 aromatic heterocycles. The zero-order valence-electron chi connectivity index (χ0n) is 82.0. The van der Waals surface area contributed by atoms with Crippen LogP contribution in [-0.4, -0.2) is 37.4 Å². The molecule has 0 unspecified atom stereocenters. The molecule has 690 valence electrons. The van der Waals surface area contributed by atoms with Crippen LogP contribution in [0.5, 0.6) is 0 Å². The smallest absolute Gasteiger partial charge is 0.160 e. The Balaban J connectivity index is 0.513. The summed E-state index contributed by atoms with van der Waals surface area (Å²) < 4.78 is 14.7. The average Bonchev–Trinajstić information content (AvgIpc) is 1.56. The predicted octanol–water partition coefficient (Wildman–Crippen LogP) is 36.0. The standard InChI is InChI=1S/C139H94N8/c1-137(2)116-34-16-7-25-98(116)101-67-61-95(79-119(101)137)145-127-40-22-13-31-107(127)113-73-86(52-70-130(113)145)89-49-64-110-104-28-10-19-37-124(104)142(133(110)76-89)92-55-43-83(44-56-92)122-82-123(84-45-57-93(58-46-84)143-125-38-20-11-29-105(125)111-65-50-90(77-134(111)143)87-53-71-131-114(74-87)108-32-14-23-41-128(108)146(131)96-62-68-102-99-26-8-17-35-117(99)138(3,4)120(102)80-96)141-136(140-122)85-47-59-94(60-48-85)144-126-39-21-12-30-106(126)112-66-51-91(78-135(112)144)88-54-72-132-115(75-88)109-33-15-24-42-129(109)147(132)97-63-69-103-100-27-9-18-36-118(100)139(5,6)121(103)81-97/h7-82H,1-6H3. The van der Waals surface area contributed by atoms with E-state index >= 15 is 0 Å². The molecular weight excluding hydrogens is 1780 g/mol. The Bertz CT molecular complexity index is 9640. The second-order valence-electron chi connectivity index (χ2n) is 42.3. The molecule has 0 amide bonds. The molecule has 28 aromatic rings. The van der Waals surface area contributed by atoms with Gasteiger partial charge in [-0.3, -0.25) is 0 Å². The van der Waals surface area contributed by atoms with E-state index in [1.54, 1.807) is 0 Å². The number of fused-ring (bicyclic) bond motifs is 27. The summed E-state index contributed by atoms with van der Waals surface area (Å²) in [4.78, 5) is 11.3. The highest BCUT2D eigenvalue weighted by atomic mass is 15.0. The fourth-order valence-electron chi connectivity index (χ4n) is 26.3. The normalized spacial score (nSPS) is 13.7. The van der Waals surface area contributed by atoms with Crippen molar-refractivity contribution in [2.75, 3.05) is 0 Å². The SMILES string of the molecule is CC1(C)c2ccccc2-c2ccc(-n3c4ccccc4c4cc(-c5ccc6c7ccccc7n(-c7ccc(-c8cc(-c9ccc(-n%10c%11ccccc%11c%11ccc(-c%12ccc%13c(c%12)c%12ccccc%12n%13-c%12ccc%13c(c%12)C(C)(C)c%12ccccc%12-%13)cc%11%10)cc9)nc(-c9ccc(-n%10c%11ccccc%11c%11ccc(-c%12ccc%13c(c%12)c%12ccccc%12n%13-c%12ccc%13c(c%12)C(C)(C)c%12ccccc%12-%13)cc%11%10)cc9)n8)cc7)c6c5)ccc43)cc21. The summed E-state index contributed by atoms with van der Waals surface area (Å²) in [5.41, 5.74) is 47.8. The lowest BCUT2D eigenvalue weighted by molar-refractivity contribution is 0.660. The van der Waals surface area contributed by atoms with Gasteiger partial charge in [0.05, 0.1) is 77.6 Å². The van der Waals surface area contributed by atoms with Crippen LogP contribution in [0.3, 0.4) is 0 Å². The molecule has 8 nitrogen and oxygen atoms in total. The van der Waals surface area contributed by atoms with E-state index in [4.69, 9.17) is 9.97 Å². The van der Waals surface area contributed by atoms with Gasteiger partial charge in [-0.1, -0.05) is 321 Å². The molecule has 0 N–H and O–H groups in total. The van der Waals surface area contributed by atoms with Gasteiger partial charge in [0.1, 0.15) is 0 Å². The number of nitrogens with zero attached hydrogens (tertiary/aromatic N) is 8. The number of para-hydroxylation sites is 6. The maximum atomic E-state index is 5.64. The summed E-state index contributed by atoms with van der Waals surface area (Å²) in [6, 6.07) is 173. The lowest BCUT2D eigenvalue weighted by Gasteiger charge is -2.22. The van der Waals surface area contributed by atoms with Gasteiger partial charge < -0.3 is 27.4 Å². The van der Waals surface area contributed by atoms with Gasteiger partial charge >= 0.3 is 0 Å². The van der Waals surface area contributed by atoms with Gasteiger partial charge in [0.25, 0.3) is 0 Å². The van der Waals surface area contributed by atoms with Crippen LogP contribution in [0.25, 0.3) is 266 Å². The molecule has 0 aliphatic heterocycles. The third-order valence-electron chi connectivity index (χ3n) is 33.5. The molecule has 0 saturated carbocycles. The number of benzene rings is 21. The zero-order valence-corrected chi connectivity index (χ0v) is 82.0. The van der Waals surface area contributed by atoms with Crippen molar-refractivity contribution in [3.63, 3.8) is 0 Å². The Hall–Kier alpha value is -18.5. The number of hydrogen-bond acceptors (Lipinski definition) is 2. The van der Waals surface area contributed by atoms with Gasteiger partial charge in [-0.05, 0) is 282 Å². The Labute approximate surface area is 849 Å². The maximum absolute atomic E-state index is 5.64. The van der Waals surface area contributed by atoms with E-state index in [0.717, 1.165) is 112 Å². The molecule has 3 aliphatic rings. The van der Waals surface area contributed by atoms with Crippen molar-refractivity contribution in [2.24, 2.45) is 0 Å². The van der Waals surface area contributed by atoms with Crippen molar-refractivity contribution >= 4 is 131 Å².